The highest BCUT2D eigenvalue weighted by Gasteiger charge is 2.26. The molecule has 96 valence electrons. The Morgan fingerprint density at radius 1 is 1.35 bits per heavy atom. The van der Waals surface area contributed by atoms with Crippen molar-refractivity contribution in [3.8, 4) is 0 Å². The van der Waals surface area contributed by atoms with Crippen LogP contribution in [0.4, 0.5) is 0 Å². The van der Waals surface area contributed by atoms with Crippen LogP contribution in [0.1, 0.15) is 50.2 Å². The molecule has 1 aliphatic rings. The first-order valence-electron chi connectivity index (χ1n) is 6.56. The molecule has 3 heteroatoms. The van der Waals surface area contributed by atoms with E-state index in [0.29, 0.717) is 12.1 Å². The van der Waals surface area contributed by atoms with E-state index < -0.39 is 0 Å². The van der Waals surface area contributed by atoms with Crippen molar-refractivity contribution in [2.45, 2.75) is 56.9 Å². The van der Waals surface area contributed by atoms with E-state index in [9.17, 15) is 0 Å². The van der Waals surface area contributed by atoms with Crippen molar-refractivity contribution in [1.29, 1.82) is 0 Å². The zero-order valence-corrected chi connectivity index (χ0v) is 11.8. The first kappa shape index (κ1) is 13.0. The summed E-state index contributed by atoms with van der Waals surface area (Å²) in [6.07, 6.45) is 7.63. The van der Waals surface area contributed by atoms with Gasteiger partial charge in [-0.1, -0.05) is 12.8 Å². The first-order valence-corrected chi connectivity index (χ1v) is 7.84. The van der Waals surface area contributed by atoms with Crippen LogP contribution in [0.15, 0.2) is 16.5 Å². The predicted octanol–water partition coefficient (Wildman–Crippen LogP) is 3.91. The van der Waals surface area contributed by atoms with Crippen LogP contribution < -0.4 is 5.32 Å². The second-order valence-electron chi connectivity index (χ2n) is 5.00. The van der Waals surface area contributed by atoms with Crippen LogP contribution in [-0.2, 0) is 0 Å². The van der Waals surface area contributed by atoms with E-state index in [1.807, 2.05) is 24.8 Å². The van der Waals surface area contributed by atoms with E-state index in [0.717, 1.165) is 16.8 Å². The summed E-state index contributed by atoms with van der Waals surface area (Å²) in [5.74, 6) is 2.06. The lowest BCUT2D eigenvalue weighted by molar-refractivity contribution is 0.328. The number of hydrogen-bond donors (Lipinski definition) is 1. The molecule has 0 bridgehead atoms. The minimum Gasteiger partial charge on any atom is -0.465 e. The summed E-state index contributed by atoms with van der Waals surface area (Å²) in [7, 11) is 0. The lowest BCUT2D eigenvalue weighted by Gasteiger charge is -2.32. The molecule has 3 atom stereocenters. The molecule has 3 unspecified atom stereocenters. The molecule has 1 N–H and O–H groups in total. The molecule has 0 saturated heterocycles. The highest BCUT2D eigenvalue weighted by atomic mass is 32.2. The van der Waals surface area contributed by atoms with Crippen molar-refractivity contribution in [3.05, 3.63) is 23.7 Å². The smallest absolute Gasteiger partial charge is 0.120 e. The molecule has 1 fully saturated rings. The van der Waals surface area contributed by atoms with Crippen molar-refractivity contribution in [3.63, 3.8) is 0 Å². The summed E-state index contributed by atoms with van der Waals surface area (Å²) >= 11 is 2.00. The molecule has 2 rings (SSSR count). The van der Waals surface area contributed by atoms with Gasteiger partial charge in [-0.15, -0.1) is 0 Å². The van der Waals surface area contributed by atoms with Gasteiger partial charge in [-0.2, -0.15) is 11.8 Å². The van der Waals surface area contributed by atoms with Crippen LogP contribution >= 0.6 is 11.8 Å². The monoisotopic (exact) mass is 253 g/mol. The largest absolute Gasteiger partial charge is 0.465 e. The number of nitrogens with one attached hydrogen (secondary N) is 1. The molecular formula is C14H23NOS. The molecule has 1 aromatic heterocycles. The van der Waals surface area contributed by atoms with Crippen molar-refractivity contribution >= 4 is 11.8 Å². The third-order valence-electron chi connectivity index (χ3n) is 3.66. The molecule has 1 aliphatic carbocycles. The number of rotatable bonds is 4. The number of furan rings is 1. The Labute approximate surface area is 109 Å². The fraction of sp³-hybridized carbons (Fsp3) is 0.714. The van der Waals surface area contributed by atoms with Gasteiger partial charge in [0, 0.05) is 11.3 Å². The second-order valence-corrected chi connectivity index (χ2v) is 6.08. The maximum atomic E-state index is 5.69. The molecule has 1 heterocycles. The second kappa shape index (κ2) is 5.96. The van der Waals surface area contributed by atoms with Gasteiger partial charge in [-0.25, -0.2) is 0 Å². The zero-order chi connectivity index (χ0) is 12.3. The topological polar surface area (TPSA) is 25.2 Å². The first-order chi connectivity index (χ1) is 8.20. The van der Waals surface area contributed by atoms with Gasteiger partial charge >= 0.3 is 0 Å². The summed E-state index contributed by atoms with van der Waals surface area (Å²) in [6, 6.07) is 5.09. The average molecular weight is 253 g/mol. The predicted molar refractivity (Wildman–Crippen MR) is 74.6 cm³/mol. The van der Waals surface area contributed by atoms with Crippen molar-refractivity contribution in [2.24, 2.45) is 0 Å². The summed E-state index contributed by atoms with van der Waals surface area (Å²) in [5, 5.41) is 4.50. The molecule has 0 aromatic carbocycles. The third kappa shape index (κ3) is 3.29. The number of hydrogen-bond acceptors (Lipinski definition) is 3. The van der Waals surface area contributed by atoms with Crippen LogP contribution in [0.25, 0.3) is 0 Å². The van der Waals surface area contributed by atoms with E-state index in [4.69, 9.17) is 4.42 Å². The van der Waals surface area contributed by atoms with Crippen LogP contribution in [0.5, 0.6) is 0 Å². The van der Waals surface area contributed by atoms with E-state index in [1.54, 1.807) is 0 Å². The van der Waals surface area contributed by atoms with E-state index >= 15 is 0 Å². The quantitative estimate of drug-likeness (QED) is 0.880. The molecule has 0 radical (unpaired) electrons. The normalized spacial score (nSPS) is 27.0. The van der Waals surface area contributed by atoms with Crippen LogP contribution in [0.2, 0.25) is 0 Å². The molecule has 0 spiro atoms. The van der Waals surface area contributed by atoms with Gasteiger partial charge in [-0.05, 0) is 45.1 Å². The zero-order valence-electron chi connectivity index (χ0n) is 11.0. The van der Waals surface area contributed by atoms with Gasteiger partial charge < -0.3 is 9.73 Å². The fourth-order valence-electron chi connectivity index (χ4n) is 2.66. The number of aryl methyl sites for hydroxylation is 1. The van der Waals surface area contributed by atoms with Gasteiger partial charge in [0.2, 0.25) is 0 Å². The SMILES string of the molecule is CSC1CCCCC1NC(C)c1ccc(C)o1. The van der Waals surface area contributed by atoms with Crippen molar-refractivity contribution in [2.75, 3.05) is 6.26 Å². The minimum absolute atomic E-state index is 0.321. The van der Waals surface area contributed by atoms with Crippen LogP contribution in [0, 0.1) is 6.92 Å². The van der Waals surface area contributed by atoms with Crippen molar-refractivity contribution in [1.82, 2.24) is 5.32 Å². The standard InChI is InChI=1S/C14H23NOS/c1-10-8-9-13(16-10)11(2)15-12-6-4-5-7-14(12)17-3/h8-9,11-12,14-15H,4-7H2,1-3H3. The lowest BCUT2D eigenvalue weighted by Crippen LogP contribution is -2.41. The Hall–Kier alpha value is -0.410. The summed E-state index contributed by atoms with van der Waals surface area (Å²) in [6.45, 7) is 4.20. The molecule has 0 aliphatic heterocycles. The molecule has 17 heavy (non-hydrogen) atoms. The maximum absolute atomic E-state index is 5.69. The van der Waals surface area contributed by atoms with Gasteiger partial charge in [0.1, 0.15) is 11.5 Å². The molecule has 1 aromatic rings. The Kier molecular flexibility index (Phi) is 4.57. The highest BCUT2D eigenvalue weighted by Crippen LogP contribution is 2.29. The average Bonchev–Trinajstić information content (AvgIpc) is 2.77. The Balaban J connectivity index is 1.94. The van der Waals surface area contributed by atoms with Crippen LogP contribution in [0.3, 0.4) is 0 Å². The Morgan fingerprint density at radius 2 is 2.12 bits per heavy atom. The molecule has 0 amide bonds. The Bertz CT molecular complexity index is 350. The summed E-state index contributed by atoms with van der Waals surface area (Å²) in [4.78, 5) is 0. The Morgan fingerprint density at radius 3 is 2.76 bits per heavy atom. The van der Waals surface area contributed by atoms with E-state index in [2.05, 4.69) is 24.6 Å². The van der Waals surface area contributed by atoms with Gasteiger partial charge in [0.15, 0.2) is 0 Å². The lowest BCUT2D eigenvalue weighted by atomic mass is 9.94. The molecular weight excluding hydrogens is 230 g/mol. The van der Waals surface area contributed by atoms with Crippen molar-refractivity contribution < 1.29 is 4.42 Å². The summed E-state index contributed by atoms with van der Waals surface area (Å²) in [5.41, 5.74) is 0. The van der Waals surface area contributed by atoms with E-state index in [-0.39, 0.29) is 0 Å². The minimum atomic E-state index is 0.321. The van der Waals surface area contributed by atoms with E-state index in [1.165, 1.54) is 25.7 Å². The van der Waals surface area contributed by atoms with Gasteiger partial charge in [0.25, 0.3) is 0 Å². The van der Waals surface area contributed by atoms with Gasteiger partial charge in [0.05, 0.1) is 6.04 Å². The highest BCUT2D eigenvalue weighted by molar-refractivity contribution is 7.99. The summed E-state index contributed by atoms with van der Waals surface area (Å²) < 4.78 is 5.69. The maximum Gasteiger partial charge on any atom is 0.120 e. The third-order valence-corrected chi connectivity index (χ3v) is 4.83. The molecule has 2 nitrogen and oxygen atoms in total. The number of thioether (sulfide) groups is 1. The fourth-order valence-corrected chi connectivity index (χ4v) is 3.60. The van der Waals surface area contributed by atoms with Gasteiger partial charge in [-0.3, -0.25) is 0 Å². The van der Waals surface area contributed by atoms with Crippen LogP contribution in [-0.4, -0.2) is 17.5 Å². The molecule has 1 saturated carbocycles.